The van der Waals surface area contributed by atoms with Gasteiger partial charge in [-0.3, -0.25) is 4.79 Å². The van der Waals surface area contributed by atoms with Crippen molar-refractivity contribution >= 4 is 17.7 Å². The fraction of sp³-hybridized carbons (Fsp3) is 0.318. The quantitative estimate of drug-likeness (QED) is 0.882. The van der Waals surface area contributed by atoms with Gasteiger partial charge in [-0.05, 0) is 37.1 Å². The van der Waals surface area contributed by atoms with Crippen molar-refractivity contribution < 1.29 is 9.53 Å². The molecule has 1 saturated carbocycles. The lowest BCUT2D eigenvalue weighted by Crippen LogP contribution is -2.52. The van der Waals surface area contributed by atoms with Crippen molar-refractivity contribution in [2.75, 3.05) is 12.4 Å². The van der Waals surface area contributed by atoms with Gasteiger partial charge < -0.3 is 15.0 Å². The van der Waals surface area contributed by atoms with Crippen molar-refractivity contribution in [2.24, 2.45) is 0 Å². The molecule has 1 heterocycles. The molecule has 0 spiro atoms. The summed E-state index contributed by atoms with van der Waals surface area (Å²) in [7, 11) is 1.68. The number of amides is 1. The molecule has 1 amide bonds. The van der Waals surface area contributed by atoms with Crippen LogP contribution in [0.15, 0.2) is 54.6 Å². The Morgan fingerprint density at radius 3 is 2.62 bits per heavy atom. The highest BCUT2D eigenvalue weighted by atomic mass is 16.5. The number of fused-ring (bicyclic) bond motifs is 1. The van der Waals surface area contributed by atoms with E-state index in [1.807, 2.05) is 59.5 Å². The highest BCUT2D eigenvalue weighted by Gasteiger charge is 2.36. The van der Waals surface area contributed by atoms with Crippen LogP contribution in [0.1, 0.15) is 41.6 Å². The van der Waals surface area contributed by atoms with Crippen molar-refractivity contribution in [2.45, 2.75) is 37.9 Å². The molecular weight excluding hydrogens is 324 g/mol. The standard InChI is InChI=1S/C22H24N2O2/c1-26-20-13-7-2-8-16(20)14-15-21-23-19-12-6-5-11-18(19)22(25)24(21)17-9-3-4-10-17/h2,5-8,11-15,17,21,23H,3-4,9-10H2,1H3/b15-14+. The van der Waals surface area contributed by atoms with Crippen LogP contribution in [0.4, 0.5) is 5.69 Å². The van der Waals surface area contributed by atoms with E-state index in [-0.39, 0.29) is 12.1 Å². The monoisotopic (exact) mass is 348 g/mol. The van der Waals surface area contributed by atoms with Crippen molar-refractivity contribution in [3.63, 3.8) is 0 Å². The summed E-state index contributed by atoms with van der Waals surface area (Å²) in [5, 5.41) is 3.54. The van der Waals surface area contributed by atoms with Crippen molar-refractivity contribution in [1.82, 2.24) is 4.90 Å². The maximum Gasteiger partial charge on any atom is 0.258 e. The number of hydrogen-bond acceptors (Lipinski definition) is 3. The lowest BCUT2D eigenvalue weighted by Gasteiger charge is -2.40. The van der Waals surface area contributed by atoms with Crippen molar-refractivity contribution in [1.29, 1.82) is 0 Å². The first-order chi connectivity index (χ1) is 12.8. The molecule has 0 radical (unpaired) electrons. The van der Waals surface area contributed by atoms with Crippen LogP contribution in [0.2, 0.25) is 0 Å². The van der Waals surface area contributed by atoms with E-state index in [1.54, 1.807) is 7.11 Å². The van der Waals surface area contributed by atoms with E-state index in [1.165, 1.54) is 12.8 Å². The Morgan fingerprint density at radius 2 is 1.81 bits per heavy atom. The van der Waals surface area contributed by atoms with Crippen LogP contribution >= 0.6 is 0 Å². The zero-order valence-corrected chi connectivity index (χ0v) is 15.0. The summed E-state index contributed by atoms with van der Waals surface area (Å²) in [6, 6.07) is 16.0. The Morgan fingerprint density at radius 1 is 1.08 bits per heavy atom. The molecular formula is C22H24N2O2. The predicted molar refractivity (Wildman–Crippen MR) is 104 cm³/mol. The predicted octanol–water partition coefficient (Wildman–Crippen LogP) is 4.55. The molecule has 134 valence electrons. The van der Waals surface area contributed by atoms with Gasteiger partial charge in [0.2, 0.25) is 0 Å². The first kappa shape index (κ1) is 16.7. The fourth-order valence-corrected chi connectivity index (χ4v) is 4.00. The maximum absolute atomic E-state index is 13.2. The Bertz CT molecular complexity index is 824. The number of carbonyl (C=O) groups excluding carboxylic acids is 1. The normalized spacial score (nSPS) is 20.3. The Hall–Kier alpha value is -2.75. The van der Waals surface area contributed by atoms with E-state index in [0.717, 1.165) is 35.4 Å². The van der Waals surface area contributed by atoms with Gasteiger partial charge in [0, 0.05) is 17.3 Å². The summed E-state index contributed by atoms with van der Waals surface area (Å²) in [5.74, 6) is 0.958. The summed E-state index contributed by atoms with van der Waals surface area (Å²) >= 11 is 0. The van der Waals surface area contributed by atoms with Crippen LogP contribution in [0.5, 0.6) is 5.75 Å². The van der Waals surface area contributed by atoms with Crippen LogP contribution in [0, 0.1) is 0 Å². The first-order valence-corrected chi connectivity index (χ1v) is 9.27. The summed E-state index contributed by atoms with van der Waals surface area (Å²) in [5.41, 5.74) is 2.68. The number of benzene rings is 2. The molecule has 1 aliphatic carbocycles. The molecule has 2 aromatic rings. The second-order valence-electron chi connectivity index (χ2n) is 6.89. The van der Waals surface area contributed by atoms with Gasteiger partial charge >= 0.3 is 0 Å². The smallest absolute Gasteiger partial charge is 0.258 e. The van der Waals surface area contributed by atoms with Gasteiger partial charge in [-0.15, -0.1) is 0 Å². The summed E-state index contributed by atoms with van der Waals surface area (Å²) in [6.07, 6.45) is 8.51. The minimum absolute atomic E-state index is 0.126. The second-order valence-corrected chi connectivity index (χ2v) is 6.89. The van der Waals surface area contributed by atoms with Gasteiger partial charge in [0.1, 0.15) is 11.9 Å². The average molecular weight is 348 g/mol. The van der Waals surface area contributed by atoms with E-state index in [4.69, 9.17) is 4.74 Å². The minimum atomic E-state index is -0.148. The Kier molecular flexibility index (Phi) is 4.65. The summed E-state index contributed by atoms with van der Waals surface area (Å²) in [6.45, 7) is 0. The number of nitrogens with zero attached hydrogens (tertiary/aromatic N) is 1. The van der Waals surface area contributed by atoms with Gasteiger partial charge in [-0.25, -0.2) is 0 Å². The number of nitrogens with one attached hydrogen (secondary N) is 1. The van der Waals surface area contributed by atoms with Gasteiger partial charge in [0.25, 0.3) is 5.91 Å². The summed E-state index contributed by atoms with van der Waals surface area (Å²) < 4.78 is 5.44. The van der Waals surface area contributed by atoms with E-state index >= 15 is 0 Å². The third-order valence-corrected chi connectivity index (χ3v) is 5.31. The highest BCUT2D eigenvalue weighted by Crippen LogP contribution is 2.33. The van der Waals surface area contributed by atoms with E-state index in [2.05, 4.69) is 11.4 Å². The molecule has 2 aromatic carbocycles. The zero-order chi connectivity index (χ0) is 17.9. The molecule has 1 atom stereocenters. The molecule has 1 fully saturated rings. The molecule has 0 aromatic heterocycles. The Labute approximate surface area is 154 Å². The molecule has 4 rings (SSSR count). The zero-order valence-electron chi connectivity index (χ0n) is 15.0. The van der Waals surface area contributed by atoms with E-state index in [9.17, 15) is 4.79 Å². The Balaban J connectivity index is 1.68. The van der Waals surface area contributed by atoms with Gasteiger partial charge in [0.15, 0.2) is 0 Å². The number of ether oxygens (including phenoxy) is 1. The molecule has 4 nitrogen and oxygen atoms in total. The topological polar surface area (TPSA) is 41.6 Å². The number of anilines is 1. The van der Waals surface area contributed by atoms with E-state index < -0.39 is 0 Å². The van der Waals surface area contributed by atoms with E-state index in [0.29, 0.717) is 6.04 Å². The molecule has 1 aliphatic heterocycles. The molecule has 2 aliphatic rings. The number of methoxy groups -OCH3 is 1. The molecule has 1 unspecified atom stereocenters. The second kappa shape index (κ2) is 7.24. The SMILES string of the molecule is COc1ccccc1/C=C/C1Nc2ccccc2C(=O)N1C1CCCC1. The first-order valence-electron chi connectivity index (χ1n) is 9.27. The number of para-hydroxylation sites is 2. The number of hydrogen-bond donors (Lipinski definition) is 1. The lowest BCUT2D eigenvalue weighted by molar-refractivity contribution is 0.0631. The molecule has 1 N–H and O–H groups in total. The molecule has 26 heavy (non-hydrogen) atoms. The molecule has 0 bridgehead atoms. The van der Waals surface area contributed by atoms with Crippen LogP contribution in [-0.2, 0) is 0 Å². The molecule has 4 heteroatoms. The number of rotatable bonds is 4. The fourth-order valence-electron chi connectivity index (χ4n) is 4.00. The van der Waals surface area contributed by atoms with Crippen molar-refractivity contribution in [3.8, 4) is 5.75 Å². The molecule has 0 saturated heterocycles. The minimum Gasteiger partial charge on any atom is -0.496 e. The largest absolute Gasteiger partial charge is 0.496 e. The van der Waals surface area contributed by atoms with Crippen molar-refractivity contribution in [3.05, 3.63) is 65.7 Å². The summed E-state index contributed by atoms with van der Waals surface area (Å²) in [4.78, 5) is 15.2. The van der Waals surface area contributed by atoms with Crippen LogP contribution < -0.4 is 10.1 Å². The maximum atomic E-state index is 13.2. The van der Waals surface area contributed by atoms with Crippen LogP contribution in [-0.4, -0.2) is 30.1 Å². The van der Waals surface area contributed by atoms with Crippen LogP contribution in [0.3, 0.4) is 0 Å². The number of carbonyl (C=O) groups is 1. The van der Waals surface area contributed by atoms with Gasteiger partial charge in [0.05, 0.1) is 12.7 Å². The lowest BCUT2D eigenvalue weighted by atomic mass is 10.0. The third-order valence-electron chi connectivity index (χ3n) is 5.31. The van der Waals surface area contributed by atoms with Crippen LogP contribution in [0.25, 0.3) is 6.08 Å². The average Bonchev–Trinajstić information content (AvgIpc) is 3.21. The third kappa shape index (κ3) is 3.07. The van der Waals surface area contributed by atoms with Gasteiger partial charge in [-0.1, -0.05) is 49.2 Å². The van der Waals surface area contributed by atoms with Gasteiger partial charge in [-0.2, -0.15) is 0 Å². The highest BCUT2D eigenvalue weighted by molar-refractivity contribution is 6.02.